The van der Waals surface area contributed by atoms with Crippen LogP contribution >= 0.6 is 15.9 Å². The molecule has 0 unspecified atom stereocenters. The van der Waals surface area contributed by atoms with Crippen molar-refractivity contribution in [2.45, 2.75) is 51.9 Å². The molecule has 3 aromatic rings. The predicted octanol–water partition coefficient (Wildman–Crippen LogP) is 6.75. The lowest BCUT2D eigenvalue weighted by molar-refractivity contribution is 0.0771. The monoisotopic (exact) mass is 628 g/mol. The lowest BCUT2D eigenvalue weighted by Crippen LogP contribution is -2.44. The Morgan fingerprint density at radius 2 is 1.62 bits per heavy atom. The van der Waals surface area contributed by atoms with Crippen LogP contribution in [0.25, 0.3) is 11.3 Å². The minimum atomic E-state index is -1.12. The summed E-state index contributed by atoms with van der Waals surface area (Å²) in [5.74, 6) is 0.921. The highest BCUT2D eigenvalue weighted by Gasteiger charge is 2.20. The van der Waals surface area contributed by atoms with Crippen LogP contribution in [0.15, 0.2) is 59.2 Å². The van der Waals surface area contributed by atoms with E-state index in [0.29, 0.717) is 19.9 Å². The van der Waals surface area contributed by atoms with Gasteiger partial charge in [-0.25, -0.2) is 4.68 Å². The summed E-state index contributed by atoms with van der Waals surface area (Å²) in [4.78, 5) is 4.81. The number of benzene rings is 2. The van der Waals surface area contributed by atoms with E-state index in [4.69, 9.17) is 19.3 Å². The highest BCUT2D eigenvalue weighted by molar-refractivity contribution is 9.10. The topological polar surface area (TPSA) is 52.0 Å². The van der Waals surface area contributed by atoms with E-state index in [-0.39, 0.29) is 0 Å². The molecule has 0 radical (unpaired) electrons. The molecule has 1 aliphatic heterocycles. The largest absolute Gasteiger partial charge is 0.491 e. The summed E-state index contributed by atoms with van der Waals surface area (Å²) in [7, 11) is 1.07. The Balaban J connectivity index is 1.36. The van der Waals surface area contributed by atoms with Crippen molar-refractivity contribution in [3.63, 3.8) is 0 Å². The van der Waals surface area contributed by atoms with Gasteiger partial charge in [-0.3, -0.25) is 0 Å². The number of hydrogen-bond donors (Lipinski definition) is 0. The molecule has 0 spiro atoms. The summed E-state index contributed by atoms with van der Waals surface area (Å²) < 4.78 is 21.0. The third-order valence-corrected chi connectivity index (χ3v) is 9.43. The summed E-state index contributed by atoms with van der Waals surface area (Å²) in [5, 5.41) is 4.83. The van der Waals surface area contributed by atoms with E-state index in [9.17, 15) is 0 Å². The van der Waals surface area contributed by atoms with E-state index in [2.05, 4.69) is 88.8 Å². The van der Waals surface area contributed by atoms with Gasteiger partial charge in [0.15, 0.2) is 0 Å². The van der Waals surface area contributed by atoms with Gasteiger partial charge in [0, 0.05) is 53.0 Å². The van der Waals surface area contributed by atoms with Gasteiger partial charge in [0.1, 0.15) is 17.1 Å². The molecule has 0 saturated carbocycles. The molecule has 7 nitrogen and oxygen atoms in total. The first-order valence-electron chi connectivity index (χ1n) is 14.4. The Morgan fingerprint density at radius 3 is 2.38 bits per heavy atom. The van der Waals surface area contributed by atoms with Crippen LogP contribution in [0.5, 0.6) is 5.75 Å². The average Bonchev–Trinajstić information content (AvgIpc) is 3.31. The van der Waals surface area contributed by atoms with Crippen molar-refractivity contribution in [3.05, 3.63) is 64.8 Å². The van der Waals surface area contributed by atoms with Gasteiger partial charge in [-0.15, -0.1) is 0 Å². The van der Waals surface area contributed by atoms with Gasteiger partial charge in [-0.1, -0.05) is 56.0 Å². The molecule has 2 heterocycles. The molecule has 0 N–H and O–H groups in total. The maximum atomic E-state index is 6.41. The quantitative estimate of drug-likeness (QED) is 0.137. The highest BCUT2D eigenvalue weighted by atomic mass is 79.9. The normalized spacial score (nSPS) is 14.6. The third-order valence-electron chi connectivity index (χ3n) is 7.09. The van der Waals surface area contributed by atoms with Crippen molar-refractivity contribution in [2.24, 2.45) is 0 Å². The second-order valence-electron chi connectivity index (χ2n) is 11.8. The minimum absolute atomic E-state index is 0.445. The first kappa shape index (κ1) is 30.8. The molecule has 40 heavy (non-hydrogen) atoms. The Hall–Kier alpha value is -2.17. The molecule has 1 aromatic heterocycles. The van der Waals surface area contributed by atoms with Gasteiger partial charge in [0.25, 0.3) is 0 Å². The molecule has 9 heteroatoms. The number of anilines is 1. The molecule has 0 aliphatic carbocycles. The summed E-state index contributed by atoms with van der Waals surface area (Å²) >= 11 is 3.67. The summed E-state index contributed by atoms with van der Waals surface area (Å²) in [6.45, 7) is 14.4. The number of nitrogens with zero attached hydrogens (tertiary/aromatic N) is 4. The molecule has 4 rings (SSSR count). The van der Waals surface area contributed by atoms with Crippen LogP contribution in [0, 0.1) is 0 Å². The zero-order valence-electron chi connectivity index (χ0n) is 24.6. The number of halogens is 1. The second kappa shape index (κ2) is 15.2. The maximum Gasteiger partial charge on any atom is 0.143 e. The number of rotatable bonds is 15. The third kappa shape index (κ3) is 9.73. The molecule has 0 amide bonds. The predicted molar refractivity (Wildman–Crippen MR) is 170 cm³/mol. The summed E-state index contributed by atoms with van der Waals surface area (Å²) in [6.07, 6.45) is 1.90. The molecule has 218 valence electrons. The van der Waals surface area contributed by atoms with Crippen molar-refractivity contribution in [2.75, 3.05) is 57.9 Å². The number of hydrogen-bond acceptors (Lipinski definition) is 6. The van der Waals surface area contributed by atoms with Crippen molar-refractivity contribution >= 4 is 29.7 Å². The van der Waals surface area contributed by atoms with E-state index >= 15 is 0 Å². The summed E-state index contributed by atoms with van der Waals surface area (Å²) in [6, 6.07) is 20.0. The average molecular weight is 630 g/mol. The zero-order valence-corrected chi connectivity index (χ0v) is 27.2. The van der Waals surface area contributed by atoms with E-state index in [1.54, 1.807) is 0 Å². The Bertz CT molecular complexity index is 1180. The number of likely N-dealkylation sites (N-methyl/N-ethyl adjacent to an activating group) is 1. The van der Waals surface area contributed by atoms with Crippen LogP contribution in [-0.4, -0.2) is 75.8 Å². The van der Waals surface area contributed by atoms with Crippen molar-refractivity contribution in [1.29, 1.82) is 0 Å². The van der Waals surface area contributed by atoms with Gasteiger partial charge in [-0.05, 0) is 65.6 Å². The molecule has 0 atom stereocenters. The molecule has 1 fully saturated rings. The van der Waals surface area contributed by atoms with Crippen LogP contribution in [0.1, 0.15) is 18.4 Å². The molecule has 2 aromatic carbocycles. The number of unbranched alkanes of at least 4 members (excludes halogenated alkanes) is 1. The van der Waals surface area contributed by atoms with Crippen LogP contribution in [0.4, 0.5) is 5.69 Å². The van der Waals surface area contributed by atoms with E-state index < -0.39 is 8.07 Å². The lowest BCUT2D eigenvalue weighted by atomic mass is 10.1. The molecular formula is C31H45BrN4O3Si. The van der Waals surface area contributed by atoms with Gasteiger partial charge < -0.3 is 24.0 Å². The number of aromatic nitrogens is 2. The number of ether oxygens (including phenoxy) is 3. The fraction of sp³-hybridized carbons (Fsp3) is 0.516. The fourth-order valence-corrected chi connectivity index (χ4v) is 5.66. The first-order valence-corrected chi connectivity index (χ1v) is 18.9. The van der Waals surface area contributed by atoms with E-state index in [1.165, 1.54) is 5.56 Å². The van der Waals surface area contributed by atoms with Crippen molar-refractivity contribution < 1.29 is 14.2 Å². The molecule has 1 saturated heterocycles. The SMILES string of the molecule is CN1CCN(c2ccc(-c3cc(Br)n(COCC[Si](C)(C)C)n3)cc2OCCCCOCc2ccccc2)CC1. The lowest BCUT2D eigenvalue weighted by Gasteiger charge is -2.35. The molecule has 1 aliphatic rings. The maximum absolute atomic E-state index is 6.41. The van der Waals surface area contributed by atoms with Crippen LogP contribution in [0.3, 0.4) is 0 Å². The van der Waals surface area contributed by atoms with Crippen molar-refractivity contribution in [1.82, 2.24) is 14.7 Å². The Labute approximate surface area is 249 Å². The number of piperazine rings is 1. The second-order valence-corrected chi connectivity index (χ2v) is 18.2. The Morgan fingerprint density at radius 1 is 0.875 bits per heavy atom. The van der Waals surface area contributed by atoms with Crippen LogP contribution < -0.4 is 9.64 Å². The van der Waals surface area contributed by atoms with E-state index in [0.717, 1.165) is 85.6 Å². The van der Waals surface area contributed by atoms with Gasteiger partial charge in [-0.2, -0.15) is 5.10 Å². The molecule has 0 bridgehead atoms. The first-order chi connectivity index (χ1) is 19.3. The van der Waals surface area contributed by atoms with E-state index in [1.807, 2.05) is 22.9 Å². The van der Waals surface area contributed by atoms with Crippen LogP contribution in [0.2, 0.25) is 25.7 Å². The standard InChI is InChI=1S/C31H45BrN4O3Si/c1-34-14-16-35(17-15-34)29-13-12-27(28-23-31(32)36(33-28)25-38-20-21-40(2,3)4)22-30(29)39-19-9-8-18-37-24-26-10-6-5-7-11-26/h5-7,10-13,22-23H,8-9,14-21,24-25H2,1-4H3. The van der Waals surface area contributed by atoms with Crippen LogP contribution in [-0.2, 0) is 22.8 Å². The summed E-state index contributed by atoms with van der Waals surface area (Å²) in [5.41, 5.74) is 4.32. The van der Waals surface area contributed by atoms with Gasteiger partial charge in [0.05, 0.1) is 24.6 Å². The fourth-order valence-electron chi connectivity index (χ4n) is 4.51. The highest BCUT2D eigenvalue weighted by Crippen LogP contribution is 2.34. The van der Waals surface area contributed by atoms with Crippen molar-refractivity contribution in [3.8, 4) is 17.0 Å². The Kier molecular flexibility index (Phi) is 11.7. The minimum Gasteiger partial charge on any atom is -0.491 e. The van der Waals surface area contributed by atoms with Gasteiger partial charge >= 0.3 is 0 Å². The zero-order chi connectivity index (χ0) is 28.4. The van der Waals surface area contributed by atoms with Gasteiger partial charge in [0.2, 0.25) is 0 Å². The smallest absolute Gasteiger partial charge is 0.143 e. The molecular weight excluding hydrogens is 584 g/mol.